The van der Waals surface area contributed by atoms with E-state index in [9.17, 15) is 4.79 Å². The Balaban J connectivity index is 1.96. The van der Waals surface area contributed by atoms with Crippen LogP contribution in [0, 0.1) is 0 Å². The quantitative estimate of drug-likeness (QED) is 0.708. The summed E-state index contributed by atoms with van der Waals surface area (Å²) in [5.74, 6) is 0. The van der Waals surface area contributed by atoms with Crippen LogP contribution in [-0.2, 0) is 9.47 Å². The Labute approximate surface area is 103 Å². The van der Waals surface area contributed by atoms with Gasteiger partial charge in [0.1, 0.15) is 5.60 Å². The highest BCUT2D eigenvalue weighted by Crippen LogP contribution is 2.29. The van der Waals surface area contributed by atoms with Gasteiger partial charge in [-0.2, -0.15) is 0 Å². The van der Waals surface area contributed by atoms with E-state index in [4.69, 9.17) is 9.47 Å². The van der Waals surface area contributed by atoms with Crippen LogP contribution in [0.15, 0.2) is 0 Å². The average Bonchev–Trinajstić information content (AvgIpc) is 2.85. The molecule has 0 aromatic heterocycles. The Bertz CT molecular complexity index is 279. The molecule has 98 valence electrons. The van der Waals surface area contributed by atoms with Crippen LogP contribution in [0.1, 0.15) is 46.5 Å². The molecule has 17 heavy (non-hydrogen) atoms. The number of carbonyl (C=O) groups excluding carboxylic acids is 1. The molecule has 0 aromatic carbocycles. The summed E-state index contributed by atoms with van der Waals surface area (Å²) >= 11 is 0. The van der Waals surface area contributed by atoms with Crippen LogP contribution < -0.4 is 0 Å². The van der Waals surface area contributed by atoms with Crippen molar-refractivity contribution in [2.75, 3.05) is 13.2 Å². The van der Waals surface area contributed by atoms with Crippen molar-refractivity contribution in [3.05, 3.63) is 0 Å². The molecule has 2 heterocycles. The third-order valence-corrected chi connectivity index (χ3v) is 3.32. The lowest BCUT2D eigenvalue weighted by Crippen LogP contribution is -2.44. The Morgan fingerprint density at radius 2 is 2.06 bits per heavy atom. The highest BCUT2D eigenvalue weighted by Gasteiger charge is 2.38. The second kappa shape index (κ2) is 4.84. The van der Waals surface area contributed by atoms with Crippen LogP contribution in [0.2, 0.25) is 0 Å². The summed E-state index contributed by atoms with van der Waals surface area (Å²) in [5, 5.41) is 0. The maximum atomic E-state index is 12.1. The van der Waals surface area contributed by atoms with Crippen molar-refractivity contribution in [1.29, 1.82) is 0 Å². The van der Waals surface area contributed by atoms with Crippen LogP contribution in [-0.4, -0.2) is 41.9 Å². The molecule has 0 N–H and O–H groups in total. The molecule has 0 spiro atoms. The highest BCUT2D eigenvalue weighted by molar-refractivity contribution is 5.69. The molecule has 1 unspecified atom stereocenters. The minimum Gasteiger partial charge on any atom is -0.444 e. The number of amides is 1. The van der Waals surface area contributed by atoms with Crippen LogP contribution in [0.4, 0.5) is 4.79 Å². The van der Waals surface area contributed by atoms with Crippen molar-refractivity contribution < 1.29 is 14.3 Å². The van der Waals surface area contributed by atoms with Crippen molar-refractivity contribution in [1.82, 2.24) is 4.90 Å². The van der Waals surface area contributed by atoms with Gasteiger partial charge in [0, 0.05) is 13.2 Å². The Hall–Kier alpha value is -0.770. The average molecular weight is 241 g/mol. The zero-order valence-corrected chi connectivity index (χ0v) is 11.1. The molecule has 4 nitrogen and oxygen atoms in total. The molecule has 2 aliphatic heterocycles. The van der Waals surface area contributed by atoms with Gasteiger partial charge in [0.2, 0.25) is 0 Å². The van der Waals surface area contributed by atoms with Gasteiger partial charge < -0.3 is 14.4 Å². The minimum absolute atomic E-state index is 0.185. The fourth-order valence-corrected chi connectivity index (χ4v) is 2.63. The predicted molar refractivity (Wildman–Crippen MR) is 64.9 cm³/mol. The van der Waals surface area contributed by atoms with Crippen molar-refractivity contribution in [3.8, 4) is 0 Å². The van der Waals surface area contributed by atoms with Crippen molar-refractivity contribution >= 4 is 6.09 Å². The van der Waals surface area contributed by atoms with Gasteiger partial charge in [-0.25, -0.2) is 4.79 Å². The monoisotopic (exact) mass is 241 g/mol. The molecule has 0 radical (unpaired) electrons. The maximum absolute atomic E-state index is 12.1. The summed E-state index contributed by atoms with van der Waals surface area (Å²) in [6, 6.07) is 0.229. The van der Waals surface area contributed by atoms with Gasteiger partial charge >= 0.3 is 6.09 Å². The van der Waals surface area contributed by atoms with Crippen LogP contribution in [0.25, 0.3) is 0 Å². The fraction of sp³-hybridized carbons (Fsp3) is 0.923. The summed E-state index contributed by atoms with van der Waals surface area (Å²) in [5.41, 5.74) is -0.416. The van der Waals surface area contributed by atoms with E-state index in [1.165, 1.54) is 0 Å². The van der Waals surface area contributed by atoms with E-state index in [1.54, 1.807) is 0 Å². The second-order valence-corrected chi connectivity index (χ2v) is 5.93. The number of hydrogen-bond acceptors (Lipinski definition) is 3. The first kappa shape index (κ1) is 12.7. The SMILES string of the molecule is CC(C)(C)OC(=O)N1CCC[C@H]1C1CCCO1. The standard InChI is InChI=1S/C13H23NO3/c1-13(2,3)17-12(15)14-8-4-6-10(14)11-7-5-9-16-11/h10-11H,4-9H2,1-3H3/t10-,11?/m0/s1. The Morgan fingerprint density at radius 3 is 2.65 bits per heavy atom. The molecule has 2 atom stereocenters. The van der Waals surface area contributed by atoms with Crippen molar-refractivity contribution in [2.45, 2.75) is 64.2 Å². The molecule has 1 amide bonds. The van der Waals surface area contributed by atoms with E-state index >= 15 is 0 Å². The van der Waals surface area contributed by atoms with Gasteiger partial charge in [-0.05, 0) is 46.5 Å². The molecule has 2 saturated heterocycles. The van der Waals surface area contributed by atoms with Crippen LogP contribution >= 0.6 is 0 Å². The molecule has 2 rings (SSSR count). The normalized spacial score (nSPS) is 29.7. The van der Waals surface area contributed by atoms with Crippen molar-refractivity contribution in [2.24, 2.45) is 0 Å². The van der Waals surface area contributed by atoms with E-state index in [1.807, 2.05) is 25.7 Å². The summed E-state index contributed by atoms with van der Waals surface area (Å²) in [6.45, 7) is 7.36. The summed E-state index contributed by atoms with van der Waals surface area (Å²) in [6.07, 6.45) is 4.33. The van der Waals surface area contributed by atoms with Gasteiger partial charge in [-0.1, -0.05) is 0 Å². The van der Waals surface area contributed by atoms with E-state index < -0.39 is 5.60 Å². The van der Waals surface area contributed by atoms with Gasteiger partial charge in [-0.3, -0.25) is 0 Å². The fourth-order valence-electron chi connectivity index (χ4n) is 2.63. The van der Waals surface area contributed by atoms with E-state index in [2.05, 4.69) is 0 Å². The third-order valence-electron chi connectivity index (χ3n) is 3.32. The minimum atomic E-state index is -0.416. The van der Waals surface area contributed by atoms with Gasteiger partial charge in [0.25, 0.3) is 0 Å². The topological polar surface area (TPSA) is 38.8 Å². The molecular formula is C13H23NO3. The molecule has 0 saturated carbocycles. The zero-order valence-electron chi connectivity index (χ0n) is 11.1. The zero-order chi connectivity index (χ0) is 12.5. The molecule has 4 heteroatoms. The number of likely N-dealkylation sites (tertiary alicyclic amines) is 1. The molecule has 2 fully saturated rings. The smallest absolute Gasteiger partial charge is 0.410 e. The van der Waals surface area contributed by atoms with Crippen molar-refractivity contribution in [3.63, 3.8) is 0 Å². The number of hydrogen-bond donors (Lipinski definition) is 0. The van der Waals surface area contributed by atoms with E-state index in [-0.39, 0.29) is 18.2 Å². The maximum Gasteiger partial charge on any atom is 0.410 e. The van der Waals surface area contributed by atoms with Gasteiger partial charge in [0.05, 0.1) is 12.1 Å². The van der Waals surface area contributed by atoms with Gasteiger partial charge in [-0.15, -0.1) is 0 Å². The molecular weight excluding hydrogens is 218 g/mol. The first-order valence-electron chi connectivity index (χ1n) is 6.58. The molecule has 0 bridgehead atoms. The summed E-state index contributed by atoms with van der Waals surface area (Å²) in [7, 11) is 0. The van der Waals surface area contributed by atoms with E-state index in [0.29, 0.717) is 0 Å². The lowest BCUT2D eigenvalue weighted by molar-refractivity contribution is -0.00104. The Kier molecular flexibility index (Phi) is 3.61. The molecule has 2 aliphatic rings. The predicted octanol–water partition coefficient (Wildman–Crippen LogP) is 2.56. The lowest BCUT2D eigenvalue weighted by atomic mass is 10.1. The second-order valence-electron chi connectivity index (χ2n) is 5.93. The van der Waals surface area contributed by atoms with Crippen LogP contribution in [0.3, 0.4) is 0 Å². The molecule has 0 aliphatic carbocycles. The number of ether oxygens (including phenoxy) is 2. The number of nitrogens with zero attached hydrogens (tertiary/aromatic N) is 1. The highest BCUT2D eigenvalue weighted by atomic mass is 16.6. The first-order valence-corrected chi connectivity index (χ1v) is 6.58. The summed E-state index contributed by atoms with van der Waals surface area (Å²) < 4.78 is 11.1. The Morgan fingerprint density at radius 1 is 1.29 bits per heavy atom. The lowest BCUT2D eigenvalue weighted by Gasteiger charge is -2.31. The third kappa shape index (κ3) is 3.12. The largest absolute Gasteiger partial charge is 0.444 e. The van der Waals surface area contributed by atoms with E-state index in [0.717, 1.165) is 38.8 Å². The molecule has 0 aromatic rings. The summed E-state index contributed by atoms with van der Waals surface area (Å²) in [4.78, 5) is 13.9. The van der Waals surface area contributed by atoms with Crippen LogP contribution in [0.5, 0.6) is 0 Å². The number of rotatable bonds is 1. The van der Waals surface area contributed by atoms with Gasteiger partial charge in [0.15, 0.2) is 0 Å². The number of carbonyl (C=O) groups is 1. The first-order chi connectivity index (χ1) is 7.97.